The van der Waals surface area contributed by atoms with Gasteiger partial charge in [-0.05, 0) is 42.3 Å². The van der Waals surface area contributed by atoms with E-state index in [9.17, 15) is 9.90 Å². The molecule has 2 aliphatic rings. The highest BCUT2D eigenvalue weighted by Crippen LogP contribution is 2.38. The Bertz CT molecular complexity index is 834. The summed E-state index contributed by atoms with van der Waals surface area (Å²) < 4.78 is 5.53. The van der Waals surface area contributed by atoms with Crippen LogP contribution in [0.1, 0.15) is 12.5 Å². The summed E-state index contributed by atoms with van der Waals surface area (Å²) in [6.07, 6.45) is 1.43. The van der Waals surface area contributed by atoms with Crippen molar-refractivity contribution in [2.45, 2.75) is 19.2 Å². The van der Waals surface area contributed by atoms with Gasteiger partial charge in [0.2, 0.25) is 5.91 Å². The zero-order chi connectivity index (χ0) is 18.8. The molecule has 4 rings (SSSR count). The number of hydrogen-bond acceptors (Lipinski definition) is 5. The van der Waals surface area contributed by atoms with Crippen LogP contribution in [0.4, 0.5) is 5.69 Å². The van der Waals surface area contributed by atoms with Gasteiger partial charge in [-0.15, -0.1) is 0 Å². The first-order valence-corrected chi connectivity index (χ1v) is 9.11. The molecule has 0 spiro atoms. The van der Waals surface area contributed by atoms with Crippen molar-refractivity contribution >= 4 is 17.2 Å². The summed E-state index contributed by atoms with van der Waals surface area (Å²) in [4.78, 5) is 14.7. The van der Waals surface area contributed by atoms with Crippen molar-refractivity contribution in [1.82, 2.24) is 10.6 Å². The second-order valence-electron chi connectivity index (χ2n) is 6.86. The van der Waals surface area contributed by atoms with E-state index in [2.05, 4.69) is 15.5 Å². The Balaban J connectivity index is 1.64. The van der Waals surface area contributed by atoms with Crippen molar-refractivity contribution in [3.8, 4) is 5.75 Å². The number of carbonyl (C=O) groups is 1. The quantitative estimate of drug-likeness (QED) is 0.755. The largest absolute Gasteiger partial charge is 0.491 e. The third kappa shape index (κ3) is 3.54. The molecule has 1 amide bonds. The molecule has 0 aromatic heterocycles. The van der Waals surface area contributed by atoms with Crippen molar-refractivity contribution in [3.63, 3.8) is 0 Å². The second-order valence-corrected chi connectivity index (χ2v) is 6.86. The van der Waals surface area contributed by atoms with Crippen LogP contribution in [0.5, 0.6) is 5.75 Å². The molecule has 2 aliphatic heterocycles. The van der Waals surface area contributed by atoms with E-state index >= 15 is 0 Å². The minimum absolute atomic E-state index is 0.0258. The molecular weight excluding hydrogens is 342 g/mol. The normalized spacial score (nSPS) is 22.7. The standard InChI is InChI=1S/C21H23N3O3/c1-14(25)12-27-17-9-7-15(8-10-17)18-11-24(16-5-3-2-4-6-16)20-19(18)21(26)23-13-22-20/h2-11,14,19-20,22,25H,12-13H2,1H3,(H,23,26)/t14-,19?,20?/m1/s1. The van der Waals surface area contributed by atoms with Gasteiger partial charge in [0.1, 0.15) is 18.5 Å². The molecule has 6 nitrogen and oxygen atoms in total. The highest BCUT2D eigenvalue weighted by molar-refractivity contribution is 5.96. The number of nitrogens with zero attached hydrogens (tertiary/aromatic N) is 1. The molecule has 140 valence electrons. The molecule has 0 radical (unpaired) electrons. The van der Waals surface area contributed by atoms with Gasteiger partial charge in [-0.1, -0.05) is 30.3 Å². The Labute approximate surface area is 158 Å². The van der Waals surface area contributed by atoms with Crippen LogP contribution >= 0.6 is 0 Å². The number of hydrogen-bond donors (Lipinski definition) is 3. The van der Waals surface area contributed by atoms with Crippen molar-refractivity contribution in [1.29, 1.82) is 0 Å². The fourth-order valence-corrected chi connectivity index (χ4v) is 3.54. The number of ether oxygens (including phenoxy) is 1. The molecule has 1 saturated heterocycles. The average molecular weight is 365 g/mol. The van der Waals surface area contributed by atoms with Crippen LogP contribution in [0.15, 0.2) is 60.8 Å². The maximum atomic E-state index is 12.6. The molecule has 0 bridgehead atoms. The third-order valence-electron chi connectivity index (χ3n) is 4.82. The van der Waals surface area contributed by atoms with Crippen LogP contribution in [0.3, 0.4) is 0 Å². The van der Waals surface area contributed by atoms with E-state index in [1.165, 1.54) is 0 Å². The number of carbonyl (C=O) groups excluding carboxylic acids is 1. The van der Waals surface area contributed by atoms with Crippen molar-refractivity contribution in [3.05, 3.63) is 66.4 Å². The number of nitrogens with one attached hydrogen (secondary N) is 2. The molecule has 2 heterocycles. The van der Waals surface area contributed by atoms with Crippen LogP contribution in [-0.2, 0) is 4.79 Å². The summed E-state index contributed by atoms with van der Waals surface area (Å²) in [5.74, 6) is 0.432. The maximum Gasteiger partial charge on any atom is 0.232 e. The monoisotopic (exact) mass is 365 g/mol. The molecule has 2 aromatic carbocycles. The van der Waals surface area contributed by atoms with E-state index < -0.39 is 6.10 Å². The van der Waals surface area contributed by atoms with Crippen LogP contribution in [0.25, 0.3) is 5.57 Å². The summed E-state index contributed by atoms with van der Waals surface area (Å²) in [6, 6.07) is 17.7. The van der Waals surface area contributed by atoms with Crippen LogP contribution < -0.4 is 20.3 Å². The number of anilines is 1. The average Bonchev–Trinajstić information content (AvgIpc) is 3.08. The third-order valence-corrected chi connectivity index (χ3v) is 4.82. The lowest BCUT2D eigenvalue weighted by Crippen LogP contribution is -2.58. The number of aliphatic hydroxyl groups is 1. The van der Waals surface area contributed by atoms with Gasteiger partial charge < -0.3 is 20.1 Å². The molecule has 3 N–H and O–H groups in total. The molecule has 0 saturated carbocycles. The topological polar surface area (TPSA) is 73.8 Å². The zero-order valence-electron chi connectivity index (χ0n) is 15.1. The first kappa shape index (κ1) is 17.6. The highest BCUT2D eigenvalue weighted by Gasteiger charge is 2.43. The lowest BCUT2D eigenvalue weighted by atomic mass is 9.91. The molecule has 2 aromatic rings. The predicted octanol–water partition coefficient (Wildman–Crippen LogP) is 1.93. The van der Waals surface area contributed by atoms with E-state index in [0.717, 1.165) is 16.8 Å². The Kier molecular flexibility index (Phi) is 4.83. The maximum absolute atomic E-state index is 12.6. The SMILES string of the molecule is C[C@@H](O)COc1ccc(C2=CN(c3ccccc3)C3NCNC(=O)C23)cc1. The Morgan fingerprint density at radius 1 is 1.19 bits per heavy atom. The van der Waals surface area contributed by atoms with Gasteiger partial charge in [0.25, 0.3) is 0 Å². The first-order chi connectivity index (χ1) is 13.1. The van der Waals surface area contributed by atoms with E-state index in [0.29, 0.717) is 12.4 Å². The highest BCUT2D eigenvalue weighted by atomic mass is 16.5. The fraction of sp³-hybridized carbons (Fsp3) is 0.286. The lowest BCUT2D eigenvalue weighted by Gasteiger charge is -2.34. The number of para-hydroxylation sites is 1. The summed E-state index contributed by atoms with van der Waals surface area (Å²) >= 11 is 0. The van der Waals surface area contributed by atoms with Crippen molar-refractivity contribution < 1.29 is 14.6 Å². The summed E-state index contributed by atoms with van der Waals surface area (Å²) in [5.41, 5.74) is 2.99. The number of rotatable bonds is 5. The van der Waals surface area contributed by atoms with E-state index in [1.807, 2.05) is 60.8 Å². The smallest absolute Gasteiger partial charge is 0.232 e. The summed E-state index contributed by atoms with van der Waals surface area (Å²) in [5, 5.41) is 15.6. The summed E-state index contributed by atoms with van der Waals surface area (Å²) in [7, 11) is 0. The van der Waals surface area contributed by atoms with Crippen LogP contribution in [0, 0.1) is 5.92 Å². The Morgan fingerprint density at radius 2 is 1.93 bits per heavy atom. The fourth-order valence-electron chi connectivity index (χ4n) is 3.54. The predicted molar refractivity (Wildman–Crippen MR) is 104 cm³/mol. The molecule has 3 atom stereocenters. The Hall–Kier alpha value is -2.83. The van der Waals surface area contributed by atoms with E-state index in [-0.39, 0.29) is 24.6 Å². The van der Waals surface area contributed by atoms with E-state index in [1.54, 1.807) is 6.92 Å². The molecule has 6 heteroatoms. The van der Waals surface area contributed by atoms with Crippen molar-refractivity contribution in [2.24, 2.45) is 5.92 Å². The van der Waals surface area contributed by atoms with Gasteiger partial charge in [0.05, 0.1) is 18.7 Å². The number of benzene rings is 2. The summed E-state index contributed by atoms with van der Waals surface area (Å²) in [6.45, 7) is 2.39. The van der Waals surface area contributed by atoms with Gasteiger partial charge in [0, 0.05) is 11.9 Å². The van der Waals surface area contributed by atoms with Crippen LogP contribution in [-0.4, -0.2) is 36.6 Å². The Morgan fingerprint density at radius 3 is 2.63 bits per heavy atom. The van der Waals surface area contributed by atoms with Gasteiger partial charge in [-0.25, -0.2) is 0 Å². The minimum atomic E-state index is -0.514. The second kappa shape index (κ2) is 7.42. The number of amides is 1. The lowest BCUT2D eigenvalue weighted by molar-refractivity contribution is -0.125. The van der Waals surface area contributed by atoms with Crippen LogP contribution in [0.2, 0.25) is 0 Å². The molecule has 1 fully saturated rings. The van der Waals surface area contributed by atoms with Gasteiger partial charge in [0.15, 0.2) is 0 Å². The first-order valence-electron chi connectivity index (χ1n) is 9.11. The van der Waals surface area contributed by atoms with E-state index in [4.69, 9.17) is 4.74 Å². The van der Waals surface area contributed by atoms with Crippen molar-refractivity contribution in [2.75, 3.05) is 18.2 Å². The van der Waals surface area contributed by atoms with Gasteiger partial charge in [-0.2, -0.15) is 0 Å². The molecule has 0 aliphatic carbocycles. The number of aliphatic hydroxyl groups excluding tert-OH is 1. The zero-order valence-corrected chi connectivity index (χ0v) is 15.1. The minimum Gasteiger partial charge on any atom is -0.491 e. The van der Waals surface area contributed by atoms with Gasteiger partial charge in [-0.3, -0.25) is 10.1 Å². The molecule has 2 unspecified atom stereocenters. The molecular formula is C21H23N3O3. The molecule has 27 heavy (non-hydrogen) atoms. The van der Waals surface area contributed by atoms with Gasteiger partial charge >= 0.3 is 0 Å². The number of fused-ring (bicyclic) bond motifs is 1.